The van der Waals surface area contributed by atoms with Crippen LogP contribution in [0.1, 0.15) is 24.0 Å². The number of nitrogens with zero attached hydrogens (tertiary/aromatic N) is 2. The summed E-state index contributed by atoms with van der Waals surface area (Å²) in [4.78, 5) is 4.85. The van der Waals surface area contributed by atoms with Gasteiger partial charge in [0, 0.05) is 26.2 Å². The number of ether oxygens (including phenoxy) is 2. The molecule has 0 aliphatic carbocycles. The number of hydrogen-bond acceptors (Lipinski definition) is 5. The smallest absolute Gasteiger partial charge is 0.121 e. The van der Waals surface area contributed by atoms with Gasteiger partial charge in [-0.2, -0.15) is 0 Å². The van der Waals surface area contributed by atoms with Crippen molar-refractivity contribution in [2.75, 3.05) is 65.7 Å². The molecule has 0 spiro atoms. The van der Waals surface area contributed by atoms with E-state index in [1.54, 1.807) is 0 Å². The monoisotopic (exact) mass is 348 g/mol. The van der Waals surface area contributed by atoms with Crippen LogP contribution >= 0.6 is 0 Å². The molecule has 5 nitrogen and oxygen atoms in total. The van der Waals surface area contributed by atoms with E-state index in [-0.39, 0.29) is 0 Å². The Balaban J connectivity index is 1.74. The first-order chi connectivity index (χ1) is 12.3. The van der Waals surface area contributed by atoms with Crippen molar-refractivity contribution < 1.29 is 14.6 Å². The lowest BCUT2D eigenvalue weighted by atomic mass is 10.0. The molecule has 25 heavy (non-hydrogen) atoms. The molecule has 0 unspecified atom stereocenters. The third-order valence-corrected chi connectivity index (χ3v) is 5.25. The van der Waals surface area contributed by atoms with E-state index < -0.39 is 0 Å². The number of aryl methyl sites for hydroxylation is 2. The Labute approximate surface area is 151 Å². The number of rotatable bonds is 0. The van der Waals surface area contributed by atoms with Gasteiger partial charge in [-0.25, -0.2) is 0 Å². The molecule has 4 bridgehead atoms. The Bertz CT molecular complexity index is 469. The lowest BCUT2D eigenvalue weighted by Crippen LogP contribution is -2.37. The molecule has 0 aromatic heterocycles. The van der Waals surface area contributed by atoms with Crippen LogP contribution in [-0.4, -0.2) is 80.6 Å². The highest BCUT2D eigenvalue weighted by atomic mass is 16.5. The molecule has 0 saturated carbocycles. The van der Waals surface area contributed by atoms with Crippen molar-refractivity contribution >= 4 is 0 Å². The minimum atomic E-state index is 0.520. The quantitative estimate of drug-likeness (QED) is 0.776. The SMILES string of the molecule is Oc1c2cccc1CCCN1CCOCCN(CCC2)CCOCC1. The molecule has 140 valence electrons. The molecular weight excluding hydrogens is 316 g/mol. The zero-order chi connectivity index (χ0) is 17.3. The molecular formula is C20H32N2O3. The van der Waals surface area contributed by atoms with E-state index >= 15 is 0 Å². The average Bonchev–Trinajstić information content (AvgIpc) is 2.60. The topological polar surface area (TPSA) is 45.2 Å². The van der Waals surface area contributed by atoms with Crippen molar-refractivity contribution in [2.24, 2.45) is 0 Å². The van der Waals surface area contributed by atoms with Crippen LogP contribution in [0, 0.1) is 0 Å². The van der Waals surface area contributed by atoms with Crippen LogP contribution < -0.4 is 0 Å². The van der Waals surface area contributed by atoms with Crippen molar-refractivity contribution in [3.8, 4) is 5.75 Å². The predicted octanol–water partition coefficient (Wildman–Crippen LogP) is 1.92. The fourth-order valence-electron chi connectivity index (χ4n) is 3.68. The minimum absolute atomic E-state index is 0.520. The van der Waals surface area contributed by atoms with Gasteiger partial charge in [-0.15, -0.1) is 0 Å². The maximum absolute atomic E-state index is 10.6. The van der Waals surface area contributed by atoms with Crippen LogP contribution in [0.15, 0.2) is 18.2 Å². The Hall–Kier alpha value is -1.14. The van der Waals surface area contributed by atoms with Crippen LogP contribution in [0.25, 0.3) is 0 Å². The van der Waals surface area contributed by atoms with E-state index in [0.29, 0.717) is 5.75 Å². The Morgan fingerprint density at radius 1 is 0.680 bits per heavy atom. The third kappa shape index (κ3) is 5.96. The van der Waals surface area contributed by atoms with Crippen molar-refractivity contribution in [1.82, 2.24) is 9.80 Å². The van der Waals surface area contributed by atoms with E-state index in [4.69, 9.17) is 9.47 Å². The first kappa shape index (κ1) is 18.6. The summed E-state index contributed by atoms with van der Waals surface area (Å²) < 4.78 is 11.7. The third-order valence-electron chi connectivity index (χ3n) is 5.25. The molecule has 3 heterocycles. The highest BCUT2D eigenvalue weighted by Gasteiger charge is 2.13. The number of benzene rings is 1. The molecule has 0 radical (unpaired) electrons. The van der Waals surface area contributed by atoms with Crippen molar-refractivity contribution in [1.29, 1.82) is 0 Å². The fraction of sp³-hybridized carbons (Fsp3) is 0.700. The number of fused-ring (bicyclic) bond motifs is 12. The van der Waals surface area contributed by atoms with Crippen molar-refractivity contribution in [3.63, 3.8) is 0 Å². The van der Waals surface area contributed by atoms with Crippen LogP contribution in [0.5, 0.6) is 5.75 Å². The summed E-state index contributed by atoms with van der Waals surface area (Å²) in [5.41, 5.74) is 2.17. The van der Waals surface area contributed by atoms with Crippen molar-refractivity contribution in [3.05, 3.63) is 29.3 Å². The molecule has 0 atom stereocenters. The highest BCUT2D eigenvalue weighted by Crippen LogP contribution is 2.25. The average molecular weight is 348 g/mol. The number of hydrogen-bond donors (Lipinski definition) is 1. The number of phenols is 1. The van der Waals surface area contributed by atoms with Crippen LogP contribution in [0.3, 0.4) is 0 Å². The van der Waals surface area contributed by atoms with Crippen molar-refractivity contribution in [2.45, 2.75) is 25.7 Å². The summed E-state index contributed by atoms with van der Waals surface area (Å²) in [7, 11) is 0. The van der Waals surface area contributed by atoms with Gasteiger partial charge in [-0.1, -0.05) is 18.2 Å². The van der Waals surface area contributed by atoms with Gasteiger partial charge in [0.25, 0.3) is 0 Å². The van der Waals surface area contributed by atoms with Gasteiger partial charge in [-0.05, 0) is 49.9 Å². The van der Waals surface area contributed by atoms with E-state index in [1.165, 1.54) is 0 Å². The first-order valence-electron chi connectivity index (χ1n) is 9.73. The molecule has 1 aromatic rings. The molecule has 4 rings (SSSR count). The minimum Gasteiger partial charge on any atom is -0.507 e. The van der Waals surface area contributed by atoms with E-state index in [0.717, 1.165) is 103 Å². The summed E-state index contributed by atoms with van der Waals surface area (Å²) in [6.45, 7) is 8.99. The van der Waals surface area contributed by atoms with E-state index in [9.17, 15) is 5.11 Å². The number of aromatic hydroxyl groups is 1. The summed E-state index contributed by atoms with van der Waals surface area (Å²) in [5, 5.41) is 10.6. The summed E-state index contributed by atoms with van der Waals surface area (Å²) in [6, 6.07) is 6.22. The maximum atomic E-state index is 10.6. The van der Waals surface area contributed by atoms with Gasteiger partial charge in [0.05, 0.1) is 26.4 Å². The van der Waals surface area contributed by atoms with Gasteiger partial charge in [-0.3, -0.25) is 9.80 Å². The van der Waals surface area contributed by atoms with Crippen LogP contribution in [0.2, 0.25) is 0 Å². The zero-order valence-electron chi connectivity index (χ0n) is 15.3. The number of para-hydroxylation sites is 1. The standard InChI is InChI=1S/C20H32N2O3/c23-20-18-4-1-5-19(20)7-3-9-22-12-16-24-14-10-21(8-2-6-18)11-15-25-17-13-22/h1,4-5,23H,2-3,6-17H2. The normalized spacial score (nSPS) is 27.2. The second kappa shape index (κ2) is 10.1. The predicted molar refractivity (Wildman–Crippen MR) is 99.3 cm³/mol. The molecule has 1 aromatic carbocycles. The molecule has 5 heteroatoms. The lowest BCUT2D eigenvalue weighted by molar-refractivity contribution is 0.0374. The second-order valence-corrected chi connectivity index (χ2v) is 7.04. The molecule has 1 fully saturated rings. The fourth-order valence-corrected chi connectivity index (χ4v) is 3.68. The Morgan fingerprint density at radius 2 is 1.12 bits per heavy atom. The molecule has 0 amide bonds. The maximum Gasteiger partial charge on any atom is 0.121 e. The van der Waals surface area contributed by atoms with Gasteiger partial charge < -0.3 is 14.6 Å². The van der Waals surface area contributed by atoms with Gasteiger partial charge in [0.2, 0.25) is 0 Å². The van der Waals surface area contributed by atoms with Gasteiger partial charge in [0.1, 0.15) is 5.75 Å². The number of phenolic OH excluding ortho intramolecular Hbond substituents is 1. The highest BCUT2D eigenvalue weighted by molar-refractivity contribution is 5.40. The summed E-state index contributed by atoms with van der Waals surface area (Å²) >= 11 is 0. The molecule has 1 N–H and O–H groups in total. The summed E-state index contributed by atoms with van der Waals surface area (Å²) in [6.07, 6.45) is 3.93. The van der Waals surface area contributed by atoms with Gasteiger partial charge in [0.15, 0.2) is 0 Å². The van der Waals surface area contributed by atoms with E-state index in [1.807, 2.05) is 0 Å². The molecule has 3 aliphatic rings. The van der Waals surface area contributed by atoms with Gasteiger partial charge >= 0.3 is 0 Å². The second-order valence-electron chi connectivity index (χ2n) is 7.04. The van der Waals surface area contributed by atoms with Crippen LogP contribution in [0.4, 0.5) is 0 Å². The Morgan fingerprint density at radius 3 is 1.56 bits per heavy atom. The summed E-state index contributed by atoms with van der Waals surface area (Å²) in [5.74, 6) is 0.520. The zero-order valence-corrected chi connectivity index (χ0v) is 15.3. The first-order valence-corrected chi connectivity index (χ1v) is 9.73. The Kier molecular flexibility index (Phi) is 7.55. The largest absolute Gasteiger partial charge is 0.507 e. The van der Waals surface area contributed by atoms with E-state index in [2.05, 4.69) is 28.0 Å². The lowest BCUT2D eigenvalue weighted by Gasteiger charge is -2.26. The molecule has 1 saturated heterocycles. The molecule has 3 aliphatic heterocycles. The van der Waals surface area contributed by atoms with Crippen LogP contribution in [-0.2, 0) is 22.3 Å².